The van der Waals surface area contributed by atoms with Crippen molar-refractivity contribution in [2.45, 2.75) is 31.3 Å². The number of hydrogen-bond acceptors (Lipinski definition) is 16. The van der Waals surface area contributed by atoms with Gasteiger partial charge >= 0.3 is 5.97 Å². The van der Waals surface area contributed by atoms with Gasteiger partial charge in [0.05, 0.1) is 43.2 Å². The molecular formula is C30H32N4O13. The molecule has 17 heteroatoms. The SMILES string of the molecule is NCCOCCc1cn(CCOC2c3c(O)cc(O)cc3OC(c3cc(O)c(O)c(O)c3)C2OC(=O)c2cc(O)c(O)c(O)c2)nn1. The van der Waals surface area contributed by atoms with Gasteiger partial charge in [-0.25, -0.2) is 9.48 Å². The molecule has 1 aliphatic heterocycles. The van der Waals surface area contributed by atoms with Crippen LogP contribution in [0.3, 0.4) is 0 Å². The van der Waals surface area contributed by atoms with Gasteiger partial charge in [0.1, 0.15) is 23.4 Å². The molecule has 0 bridgehead atoms. The van der Waals surface area contributed by atoms with Gasteiger partial charge in [-0.05, 0) is 24.3 Å². The van der Waals surface area contributed by atoms with Crippen LogP contribution in [0.25, 0.3) is 0 Å². The highest BCUT2D eigenvalue weighted by Gasteiger charge is 2.45. The average Bonchev–Trinajstić information content (AvgIpc) is 3.48. The Labute approximate surface area is 265 Å². The number of nitrogens with zero attached hydrogens (tertiary/aromatic N) is 3. The third-order valence-corrected chi connectivity index (χ3v) is 7.18. The number of benzene rings is 3. The molecule has 0 amide bonds. The van der Waals surface area contributed by atoms with Crippen molar-refractivity contribution >= 4 is 5.97 Å². The summed E-state index contributed by atoms with van der Waals surface area (Å²) in [6, 6.07) is 5.95. The maximum atomic E-state index is 13.4. The molecule has 17 nitrogen and oxygen atoms in total. The quantitative estimate of drug-likeness (QED) is 0.0594. The Kier molecular flexibility index (Phi) is 9.59. The number of nitrogens with two attached hydrogens (primary N) is 1. The molecule has 47 heavy (non-hydrogen) atoms. The van der Waals surface area contributed by atoms with Crippen LogP contribution in [-0.4, -0.2) is 94.3 Å². The van der Waals surface area contributed by atoms with Crippen molar-refractivity contribution in [1.29, 1.82) is 0 Å². The highest BCUT2D eigenvalue weighted by Crippen LogP contribution is 2.51. The highest BCUT2D eigenvalue weighted by molar-refractivity contribution is 5.91. The smallest absolute Gasteiger partial charge is 0.338 e. The van der Waals surface area contributed by atoms with E-state index in [0.717, 1.165) is 30.3 Å². The lowest BCUT2D eigenvalue weighted by atomic mass is 9.90. The number of phenolic OH excluding ortho intramolecular Hbond substituents is 8. The zero-order valence-corrected chi connectivity index (χ0v) is 24.6. The van der Waals surface area contributed by atoms with Crippen LogP contribution < -0.4 is 10.5 Å². The fraction of sp³-hybridized carbons (Fsp3) is 0.300. The Morgan fingerprint density at radius 2 is 1.51 bits per heavy atom. The highest BCUT2D eigenvalue weighted by atomic mass is 16.6. The van der Waals surface area contributed by atoms with Crippen molar-refractivity contribution in [1.82, 2.24) is 15.0 Å². The van der Waals surface area contributed by atoms with Gasteiger partial charge in [-0.2, -0.15) is 0 Å². The molecule has 0 radical (unpaired) electrons. The number of carbonyl (C=O) groups excluding carboxylic acids is 1. The summed E-state index contributed by atoms with van der Waals surface area (Å²) in [6.07, 6.45) is -2.13. The Bertz CT molecular complexity index is 1720. The summed E-state index contributed by atoms with van der Waals surface area (Å²) in [6.45, 7) is 1.22. The number of hydrogen-bond donors (Lipinski definition) is 9. The fourth-order valence-corrected chi connectivity index (χ4v) is 4.97. The zero-order valence-electron chi connectivity index (χ0n) is 24.6. The number of aromatic nitrogens is 3. The predicted molar refractivity (Wildman–Crippen MR) is 158 cm³/mol. The minimum absolute atomic E-state index is 0.0214. The Hall–Kier alpha value is -5.65. The molecule has 3 atom stereocenters. The maximum Gasteiger partial charge on any atom is 0.338 e. The van der Waals surface area contributed by atoms with Crippen molar-refractivity contribution in [3.05, 3.63) is 65.0 Å². The van der Waals surface area contributed by atoms with E-state index < -0.39 is 70.1 Å². The lowest BCUT2D eigenvalue weighted by Crippen LogP contribution is -2.39. The van der Waals surface area contributed by atoms with Crippen LogP contribution in [0.1, 0.15) is 39.4 Å². The molecule has 4 aromatic rings. The number of esters is 1. The Morgan fingerprint density at radius 3 is 2.17 bits per heavy atom. The Morgan fingerprint density at radius 1 is 0.851 bits per heavy atom. The first-order chi connectivity index (χ1) is 22.5. The summed E-state index contributed by atoms with van der Waals surface area (Å²) >= 11 is 0. The van der Waals surface area contributed by atoms with Crippen LogP contribution in [0, 0.1) is 0 Å². The van der Waals surface area contributed by atoms with Crippen LogP contribution in [0.5, 0.6) is 51.7 Å². The third kappa shape index (κ3) is 7.11. The van der Waals surface area contributed by atoms with Gasteiger partial charge in [-0.15, -0.1) is 5.10 Å². The average molecular weight is 657 g/mol. The van der Waals surface area contributed by atoms with Crippen molar-refractivity contribution in [2.24, 2.45) is 5.73 Å². The molecule has 0 fully saturated rings. The van der Waals surface area contributed by atoms with E-state index in [0.29, 0.717) is 31.9 Å². The molecule has 2 heterocycles. The summed E-state index contributed by atoms with van der Waals surface area (Å²) < 4.78 is 24.8. The van der Waals surface area contributed by atoms with E-state index in [-0.39, 0.29) is 35.8 Å². The van der Waals surface area contributed by atoms with Crippen LogP contribution in [-0.2, 0) is 27.2 Å². The normalized spacial score (nSPS) is 17.2. The van der Waals surface area contributed by atoms with Crippen molar-refractivity contribution in [3.63, 3.8) is 0 Å². The first-order valence-corrected chi connectivity index (χ1v) is 14.2. The number of ether oxygens (including phenoxy) is 4. The predicted octanol–water partition coefficient (Wildman–Crippen LogP) is 1.56. The van der Waals surface area contributed by atoms with Crippen LogP contribution in [0.2, 0.25) is 0 Å². The molecule has 10 N–H and O–H groups in total. The molecule has 0 saturated heterocycles. The number of rotatable bonds is 12. The second kappa shape index (κ2) is 13.8. The first kappa shape index (κ1) is 32.7. The van der Waals surface area contributed by atoms with E-state index in [1.165, 1.54) is 10.7 Å². The van der Waals surface area contributed by atoms with Crippen molar-refractivity contribution in [3.8, 4) is 51.7 Å². The maximum absolute atomic E-state index is 13.4. The van der Waals surface area contributed by atoms with E-state index in [1.807, 2.05) is 0 Å². The van der Waals surface area contributed by atoms with Crippen molar-refractivity contribution in [2.75, 3.05) is 26.4 Å². The molecule has 250 valence electrons. The molecule has 0 saturated carbocycles. The zero-order chi connectivity index (χ0) is 33.8. The molecule has 5 rings (SSSR count). The summed E-state index contributed by atoms with van der Waals surface area (Å²) in [5.41, 5.74) is 5.62. The van der Waals surface area contributed by atoms with Crippen LogP contribution in [0.4, 0.5) is 0 Å². The lowest BCUT2D eigenvalue weighted by molar-refractivity contribution is -0.112. The fourth-order valence-electron chi connectivity index (χ4n) is 4.97. The van der Waals surface area contributed by atoms with Gasteiger partial charge in [-0.1, -0.05) is 5.21 Å². The monoisotopic (exact) mass is 656 g/mol. The minimum Gasteiger partial charge on any atom is -0.508 e. The molecule has 0 aliphatic carbocycles. The largest absolute Gasteiger partial charge is 0.508 e. The summed E-state index contributed by atoms with van der Waals surface area (Å²) in [4.78, 5) is 13.4. The van der Waals surface area contributed by atoms with Gasteiger partial charge in [0.15, 0.2) is 46.7 Å². The molecule has 3 aromatic carbocycles. The van der Waals surface area contributed by atoms with Gasteiger partial charge < -0.3 is 65.5 Å². The summed E-state index contributed by atoms with van der Waals surface area (Å²) in [5.74, 6) is -6.90. The standard InChI is InChI=1S/C30H32N4O13/c31-2-5-44-4-1-16-13-34(33-32-16)3-6-45-28-24-18(36)11-17(35)12-23(24)46-27(14-7-19(37)25(41)20(38)8-14)29(28)47-30(43)15-9-21(39)26(42)22(40)10-15/h7-13,27-29,35-42H,1-6,31H2. The van der Waals surface area contributed by atoms with E-state index in [4.69, 9.17) is 24.7 Å². The number of phenols is 8. The van der Waals surface area contributed by atoms with E-state index >= 15 is 0 Å². The van der Waals surface area contributed by atoms with E-state index in [9.17, 15) is 45.6 Å². The van der Waals surface area contributed by atoms with Gasteiger partial charge in [-0.3, -0.25) is 0 Å². The second-order valence-corrected chi connectivity index (χ2v) is 10.5. The second-order valence-electron chi connectivity index (χ2n) is 10.5. The lowest BCUT2D eigenvalue weighted by Gasteiger charge is -2.39. The number of fused-ring (bicyclic) bond motifs is 1. The van der Waals surface area contributed by atoms with Crippen LogP contribution >= 0.6 is 0 Å². The van der Waals surface area contributed by atoms with Crippen LogP contribution in [0.15, 0.2) is 42.6 Å². The van der Waals surface area contributed by atoms with E-state index in [1.54, 1.807) is 6.20 Å². The minimum atomic E-state index is -1.53. The summed E-state index contributed by atoms with van der Waals surface area (Å²) in [7, 11) is 0. The molecule has 1 aliphatic rings. The van der Waals surface area contributed by atoms with Gasteiger partial charge in [0.2, 0.25) is 0 Å². The van der Waals surface area contributed by atoms with Gasteiger partial charge in [0.25, 0.3) is 0 Å². The molecule has 1 aromatic heterocycles. The molecule has 0 spiro atoms. The number of aromatic hydroxyl groups is 8. The molecule has 3 unspecified atom stereocenters. The van der Waals surface area contributed by atoms with Crippen molar-refractivity contribution < 1.29 is 64.6 Å². The summed E-state index contributed by atoms with van der Waals surface area (Å²) in [5, 5.41) is 89.3. The van der Waals surface area contributed by atoms with E-state index in [2.05, 4.69) is 10.3 Å². The third-order valence-electron chi connectivity index (χ3n) is 7.18. The van der Waals surface area contributed by atoms with Gasteiger partial charge in [0, 0.05) is 36.9 Å². The first-order valence-electron chi connectivity index (χ1n) is 14.2. The molecular weight excluding hydrogens is 624 g/mol. The topological polar surface area (TPSA) is 273 Å². The Balaban J connectivity index is 1.49. The number of carbonyl (C=O) groups is 1.